The Morgan fingerprint density at radius 3 is 2.00 bits per heavy atom. The van der Waals surface area contributed by atoms with Crippen LogP contribution in [-0.4, -0.2) is 17.1 Å². The molecule has 3 heteroatoms. The molecule has 8 heavy (non-hydrogen) atoms. The monoisotopic (exact) mass is 119 g/mol. The van der Waals surface area contributed by atoms with E-state index in [9.17, 15) is 0 Å². The molecule has 0 saturated carbocycles. The normalized spacial score (nSPS) is 18.8. The highest BCUT2D eigenvalue weighted by molar-refractivity contribution is 4.47. The van der Waals surface area contributed by atoms with E-state index in [0.29, 0.717) is 0 Å². The molecular weight excluding hydrogens is 106 g/mol. The van der Waals surface area contributed by atoms with Crippen LogP contribution in [-0.2, 0) is 4.74 Å². The first-order valence-corrected chi connectivity index (χ1v) is 2.61. The van der Waals surface area contributed by atoms with Crippen LogP contribution in [0.15, 0.2) is 0 Å². The molecule has 0 aliphatic carbocycles. The predicted molar refractivity (Wildman–Crippen MR) is 31.0 cm³/mol. The Hall–Kier alpha value is -0.120. The van der Waals surface area contributed by atoms with Crippen molar-refractivity contribution in [3.8, 4) is 0 Å². The third-order valence-electron chi connectivity index (χ3n) is 0.474. The van der Waals surface area contributed by atoms with Gasteiger partial charge >= 0.3 is 0 Å². The smallest absolute Gasteiger partial charge is 0.219 e. The lowest BCUT2D eigenvalue weighted by molar-refractivity contribution is -0.205. The second-order valence-electron chi connectivity index (χ2n) is 2.22. The van der Waals surface area contributed by atoms with Crippen molar-refractivity contribution >= 4 is 0 Å². The molecule has 0 bridgehead atoms. The molecule has 50 valence electrons. The summed E-state index contributed by atoms with van der Waals surface area (Å²) in [7, 11) is 0. The number of hydrogen-bond acceptors (Lipinski definition) is 3. The van der Waals surface area contributed by atoms with Gasteiger partial charge in [0, 0.05) is 6.92 Å². The summed E-state index contributed by atoms with van der Waals surface area (Å²) in [6.07, 6.45) is -0.0324. The maximum atomic E-state index is 8.74. The average molecular weight is 119 g/mol. The fourth-order valence-corrected chi connectivity index (χ4v) is 0.477. The Balaban J connectivity index is 3.39. The van der Waals surface area contributed by atoms with Gasteiger partial charge in [0.1, 0.15) is 0 Å². The zero-order valence-corrected chi connectivity index (χ0v) is 5.51. The number of hydrogen-bond donors (Lipinski definition) is 2. The fourth-order valence-electron chi connectivity index (χ4n) is 0.477. The number of rotatable bonds is 2. The lowest BCUT2D eigenvalue weighted by atomic mass is 10.4. The van der Waals surface area contributed by atoms with Crippen LogP contribution in [0.1, 0.15) is 20.8 Å². The molecule has 0 aromatic heterocycles. The average Bonchev–Trinajstić information content (AvgIpc) is 1.21. The summed E-state index contributed by atoms with van der Waals surface area (Å²) in [5, 5.41) is 8.74. The van der Waals surface area contributed by atoms with Crippen LogP contribution in [0.25, 0.3) is 0 Å². The van der Waals surface area contributed by atoms with Gasteiger partial charge in [0.05, 0.1) is 6.10 Å². The minimum absolute atomic E-state index is 0.0324. The van der Waals surface area contributed by atoms with E-state index in [0.717, 1.165) is 0 Å². The molecule has 0 amide bonds. The number of aliphatic hydroxyl groups is 1. The van der Waals surface area contributed by atoms with Crippen molar-refractivity contribution in [2.24, 2.45) is 5.73 Å². The standard InChI is InChI=1S/C5H13NO2/c1-4(2)8-5(3,6)7/h4,7H,6H2,1-3H3. The Morgan fingerprint density at radius 1 is 1.62 bits per heavy atom. The van der Waals surface area contributed by atoms with Crippen LogP contribution in [0.3, 0.4) is 0 Å². The molecule has 3 N–H and O–H groups in total. The Bertz CT molecular complexity index is 65.3. The van der Waals surface area contributed by atoms with Crippen LogP contribution in [0, 0.1) is 0 Å². The summed E-state index contributed by atoms with van der Waals surface area (Å²) in [6.45, 7) is 5.01. The SMILES string of the molecule is CC(C)OC(C)(N)O. The van der Waals surface area contributed by atoms with Crippen LogP contribution in [0.4, 0.5) is 0 Å². The van der Waals surface area contributed by atoms with Gasteiger partial charge in [0.15, 0.2) is 0 Å². The first-order chi connectivity index (χ1) is 3.42. The largest absolute Gasteiger partial charge is 0.354 e. The molecule has 0 heterocycles. The van der Waals surface area contributed by atoms with Gasteiger partial charge < -0.3 is 9.84 Å². The third-order valence-corrected chi connectivity index (χ3v) is 0.474. The second-order valence-corrected chi connectivity index (χ2v) is 2.22. The molecular formula is C5H13NO2. The van der Waals surface area contributed by atoms with E-state index < -0.39 is 5.91 Å². The molecule has 0 spiro atoms. The minimum Gasteiger partial charge on any atom is -0.354 e. The van der Waals surface area contributed by atoms with E-state index >= 15 is 0 Å². The highest BCUT2D eigenvalue weighted by atomic mass is 16.6. The Labute approximate surface area is 49.4 Å². The molecule has 3 nitrogen and oxygen atoms in total. The molecule has 1 atom stereocenters. The van der Waals surface area contributed by atoms with Crippen LogP contribution in [0.2, 0.25) is 0 Å². The summed E-state index contributed by atoms with van der Waals surface area (Å²) in [6, 6.07) is 0. The van der Waals surface area contributed by atoms with Crippen LogP contribution >= 0.6 is 0 Å². The maximum absolute atomic E-state index is 8.74. The number of ether oxygens (including phenoxy) is 1. The zero-order valence-electron chi connectivity index (χ0n) is 5.51. The van der Waals surface area contributed by atoms with Gasteiger partial charge in [-0.05, 0) is 13.8 Å². The van der Waals surface area contributed by atoms with Gasteiger partial charge in [0.2, 0.25) is 5.91 Å². The van der Waals surface area contributed by atoms with Crippen molar-refractivity contribution in [2.45, 2.75) is 32.8 Å². The summed E-state index contributed by atoms with van der Waals surface area (Å²) < 4.78 is 4.77. The first-order valence-electron chi connectivity index (χ1n) is 2.61. The van der Waals surface area contributed by atoms with Gasteiger partial charge in [-0.2, -0.15) is 0 Å². The van der Waals surface area contributed by atoms with Crippen LogP contribution in [0.5, 0.6) is 0 Å². The third kappa shape index (κ3) is 5.88. The van der Waals surface area contributed by atoms with E-state index in [1.807, 2.05) is 0 Å². The molecule has 0 saturated heterocycles. The lowest BCUT2D eigenvalue weighted by Crippen LogP contribution is -2.40. The van der Waals surface area contributed by atoms with Gasteiger partial charge in [-0.15, -0.1) is 0 Å². The van der Waals surface area contributed by atoms with Crippen molar-refractivity contribution in [1.29, 1.82) is 0 Å². The summed E-state index contributed by atoms with van der Waals surface area (Å²) in [5.74, 6) is -1.48. The van der Waals surface area contributed by atoms with Gasteiger partial charge in [-0.25, -0.2) is 0 Å². The molecule has 0 rings (SSSR count). The van der Waals surface area contributed by atoms with E-state index in [2.05, 4.69) is 0 Å². The fraction of sp³-hybridized carbons (Fsp3) is 1.00. The van der Waals surface area contributed by atoms with E-state index in [1.54, 1.807) is 13.8 Å². The van der Waals surface area contributed by atoms with E-state index in [4.69, 9.17) is 15.6 Å². The molecule has 0 aromatic rings. The highest BCUT2D eigenvalue weighted by Gasteiger charge is 2.13. The highest BCUT2D eigenvalue weighted by Crippen LogP contribution is 1.99. The van der Waals surface area contributed by atoms with Crippen molar-refractivity contribution in [2.75, 3.05) is 0 Å². The molecule has 0 aromatic carbocycles. The lowest BCUT2D eigenvalue weighted by Gasteiger charge is -2.20. The van der Waals surface area contributed by atoms with Gasteiger partial charge in [-0.1, -0.05) is 0 Å². The minimum atomic E-state index is -1.48. The van der Waals surface area contributed by atoms with Crippen molar-refractivity contribution in [3.63, 3.8) is 0 Å². The van der Waals surface area contributed by atoms with E-state index in [-0.39, 0.29) is 6.10 Å². The Morgan fingerprint density at radius 2 is 2.00 bits per heavy atom. The zero-order chi connectivity index (χ0) is 6.78. The van der Waals surface area contributed by atoms with Gasteiger partial charge in [0.25, 0.3) is 0 Å². The predicted octanol–water partition coefficient (Wildman–Crippen LogP) is 0.0361. The maximum Gasteiger partial charge on any atom is 0.219 e. The molecule has 1 unspecified atom stereocenters. The summed E-state index contributed by atoms with van der Waals surface area (Å²) in [5.41, 5.74) is 5.07. The molecule has 0 fully saturated rings. The summed E-state index contributed by atoms with van der Waals surface area (Å²) >= 11 is 0. The summed E-state index contributed by atoms with van der Waals surface area (Å²) in [4.78, 5) is 0. The Kier molecular flexibility index (Phi) is 2.40. The number of nitrogens with two attached hydrogens (primary N) is 1. The molecule has 0 radical (unpaired) electrons. The topological polar surface area (TPSA) is 55.5 Å². The van der Waals surface area contributed by atoms with Crippen LogP contribution < -0.4 is 5.73 Å². The first kappa shape index (κ1) is 7.88. The van der Waals surface area contributed by atoms with Gasteiger partial charge in [-0.3, -0.25) is 5.73 Å². The van der Waals surface area contributed by atoms with Crippen molar-refractivity contribution < 1.29 is 9.84 Å². The van der Waals surface area contributed by atoms with E-state index in [1.165, 1.54) is 6.92 Å². The molecule has 0 aliphatic heterocycles. The quantitative estimate of drug-likeness (QED) is 0.504. The van der Waals surface area contributed by atoms with Crippen molar-refractivity contribution in [1.82, 2.24) is 0 Å². The van der Waals surface area contributed by atoms with Crippen molar-refractivity contribution in [3.05, 3.63) is 0 Å². The second kappa shape index (κ2) is 2.44. The molecule has 0 aliphatic rings.